The van der Waals surface area contributed by atoms with Gasteiger partial charge in [-0.05, 0) is 48.7 Å². The number of hydrogen-bond donors (Lipinski definition) is 4. The van der Waals surface area contributed by atoms with Crippen LogP contribution in [0.3, 0.4) is 0 Å². The Hall–Kier alpha value is -2.86. The highest BCUT2D eigenvalue weighted by Crippen LogP contribution is 2.41. The molecule has 1 amide bonds. The lowest BCUT2D eigenvalue weighted by molar-refractivity contribution is -0.137. The number of aromatic nitrogens is 3. The molecule has 182 valence electrons. The van der Waals surface area contributed by atoms with Crippen molar-refractivity contribution in [3.05, 3.63) is 34.6 Å². The zero-order valence-corrected chi connectivity index (χ0v) is 20.3. The second-order valence-corrected chi connectivity index (χ2v) is 9.56. The van der Waals surface area contributed by atoms with Gasteiger partial charge in [-0.2, -0.15) is 13.2 Å². The average Bonchev–Trinajstić information content (AvgIpc) is 3.21. The number of carbonyl (C=O) groups is 1. The first kappa shape index (κ1) is 24.3. The summed E-state index contributed by atoms with van der Waals surface area (Å²) in [4.78, 5) is 22.8. The Morgan fingerprint density at radius 3 is 2.74 bits per heavy atom. The molecule has 0 spiro atoms. The third kappa shape index (κ3) is 4.97. The number of nitrogens with one attached hydrogen (secondary N) is 4. The number of halogens is 4. The predicted molar refractivity (Wildman–Crippen MR) is 127 cm³/mol. The first-order chi connectivity index (χ1) is 16.0. The van der Waals surface area contributed by atoms with Crippen LogP contribution < -0.4 is 16.0 Å². The van der Waals surface area contributed by atoms with Crippen LogP contribution in [0.4, 0.5) is 29.6 Å². The van der Waals surface area contributed by atoms with Crippen molar-refractivity contribution in [1.29, 1.82) is 0 Å². The van der Waals surface area contributed by atoms with Crippen LogP contribution in [-0.2, 0) is 10.9 Å². The van der Waals surface area contributed by atoms with Crippen molar-refractivity contribution in [3.8, 4) is 11.3 Å². The highest BCUT2D eigenvalue weighted by atomic mass is 79.9. The molecule has 1 aromatic carbocycles. The van der Waals surface area contributed by atoms with Crippen molar-refractivity contribution < 1.29 is 22.7 Å². The molecule has 3 heterocycles. The number of piperidine rings is 1. The summed E-state index contributed by atoms with van der Waals surface area (Å²) < 4.78 is 46.6. The minimum absolute atomic E-state index is 0.00155. The van der Waals surface area contributed by atoms with E-state index in [9.17, 15) is 18.0 Å². The monoisotopic (exact) mass is 540 g/mol. The van der Waals surface area contributed by atoms with Gasteiger partial charge in [-0.25, -0.2) is 14.8 Å². The number of carbonyl (C=O) groups excluding carboxylic acids is 1. The van der Waals surface area contributed by atoms with Crippen LogP contribution in [-0.4, -0.2) is 46.3 Å². The topological polar surface area (TPSA) is 104 Å². The molecule has 1 saturated heterocycles. The summed E-state index contributed by atoms with van der Waals surface area (Å²) in [6, 6.07) is 3.19. The Kier molecular flexibility index (Phi) is 6.47. The molecule has 3 aromatic rings. The fourth-order valence-corrected chi connectivity index (χ4v) is 4.47. The minimum Gasteiger partial charge on any atom is -0.453 e. The van der Waals surface area contributed by atoms with Gasteiger partial charge in [0.1, 0.15) is 5.56 Å². The maximum atomic E-state index is 13.9. The maximum absolute atomic E-state index is 13.9. The maximum Gasteiger partial charge on any atom is 0.419 e. The number of ether oxygens (including phenoxy) is 1. The number of hydrogen-bond acceptors (Lipinski definition) is 6. The quantitative estimate of drug-likeness (QED) is 0.347. The van der Waals surface area contributed by atoms with Crippen LogP contribution in [0.25, 0.3) is 22.2 Å². The van der Waals surface area contributed by atoms with Gasteiger partial charge < -0.3 is 20.4 Å². The summed E-state index contributed by atoms with van der Waals surface area (Å²) in [7, 11) is 1.23. The van der Waals surface area contributed by atoms with Gasteiger partial charge in [-0.15, -0.1) is 0 Å². The molecule has 34 heavy (non-hydrogen) atoms. The predicted octanol–water partition coefficient (Wildman–Crippen LogP) is 5.53. The Labute approximate surface area is 202 Å². The second kappa shape index (κ2) is 9.06. The largest absolute Gasteiger partial charge is 0.453 e. The van der Waals surface area contributed by atoms with Gasteiger partial charge in [0.2, 0.25) is 5.95 Å². The van der Waals surface area contributed by atoms with Crippen molar-refractivity contribution in [2.24, 2.45) is 0 Å². The van der Waals surface area contributed by atoms with Gasteiger partial charge in [-0.3, -0.25) is 5.32 Å². The number of aromatic amines is 1. The molecule has 0 radical (unpaired) electrons. The van der Waals surface area contributed by atoms with Gasteiger partial charge in [0, 0.05) is 41.5 Å². The normalized spacial score (nSPS) is 18.0. The van der Waals surface area contributed by atoms with E-state index in [1.165, 1.54) is 13.3 Å². The molecular formula is C22H24BrF3N6O2. The average molecular weight is 541 g/mol. The number of fused-ring (bicyclic) bond motifs is 1. The van der Waals surface area contributed by atoms with E-state index in [1.807, 2.05) is 0 Å². The van der Waals surface area contributed by atoms with Crippen molar-refractivity contribution in [2.45, 2.75) is 44.4 Å². The molecule has 0 saturated carbocycles. The smallest absolute Gasteiger partial charge is 0.419 e. The van der Waals surface area contributed by atoms with E-state index in [0.29, 0.717) is 27.6 Å². The van der Waals surface area contributed by atoms with Crippen LogP contribution in [0.1, 0.15) is 32.3 Å². The number of anilines is 2. The molecule has 4 N–H and O–H groups in total. The van der Waals surface area contributed by atoms with Gasteiger partial charge >= 0.3 is 12.3 Å². The molecule has 2 aromatic heterocycles. The number of amides is 1. The molecule has 1 fully saturated rings. The number of benzene rings is 1. The van der Waals surface area contributed by atoms with Gasteiger partial charge in [0.25, 0.3) is 0 Å². The number of rotatable bonds is 4. The van der Waals surface area contributed by atoms with Crippen LogP contribution >= 0.6 is 15.9 Å². The van der Waals surface area contributed by atoms with E-state index >= 15 is 0 Å². The van der Waals surface area contributed by atoms with E-state index < -0.39 is 17.8 Å². The first-order valence-corrected chi connectivity index (χ1v) is 11.4. The third-order valence-corrected chi connectivity index (χ3v) is 6.67. The molecule has 8 nitrogen and oxygen atoms in total. The van der Waals surface area contributed by atoms with Crippen molar-refractivity contribution in [3.63, 3.8) is 0 Å². The molecule has 12 heteroatoms. The van der Waals surface area contributed by atoms with Crippen molar-refractivity contribution >= 4 is 44.6 Å². The molecule has 1 aliphatic heterocycles. The van der Waals surface area contributed by atoms with E-state index in [0.717, 1.165) is 19.0 Å². The van der Waals surface area contributed by atoms with Gasteiger partial charge in [0.15, 0.2) is 0 Å². The van der Waals surface area contributed by atoms with E-state index in [1.54, 1.807) is 12.1 Å². The molecule has 0 bridgehead atoms. The van der Waals surface area contributed by atoms with Crippen molar-refractivity contribution in [2.75, 3.05) is 24.3 Å². The van der Waals surface area contributed by atoms with Crippen LogP contribution in [0, 0.1) is 0 Å². The first-order valence-electron chi connectivity index (χ1n) is 10.6. The molecule has 1 aliphatic rings. The Morgan fingerprint density at radius 2 is 2.09 bits per heavy atom. The number of methoxy groups -OCH3 is 1. The van der Waals surface area contributed by atoms with Gasteiger partial charge in [0.05, 0.1) is 28.5 Å². The molecule has 0 aliphatic carbocycles. The summed E-state index contributed by atoms with van der Waals surface area (Å²) in [5.41, 5.74) is 0.0191. The number of H-pyrrole nitrogens is 1. The summed E-state index contributed by atoms with van der Waals surface area (Å²) in [6.45, 7) is 4.87. The van der Waals surface area contributed by atoms with E-state index in [4.69, 9.17) is 0 Å². The standard InChI is InChI=1S/C22H24BrF3N6O2/c1-21(2)7-6-11(8-29-21)30-19-28-10-14(22(24,25)26)17(32-19)13-9-27-18-12(13)4-5-15(16(18)23)31-20(33)34-3/h4-5,9-11,27,29H,6-8H2,1-3H3,(H,31,33)(H,28,30,32)/t11-/m0/s1. The minimum atomic E-state index is -4.64. The number of nitrogens with zero attached hydrogens (tertiary/aromatic N) is 2. The highest BCUT2D eigenvalue weighted by molar-refractivity contribution is 9.10. The Balaban J connectivity index is 1.72. The summed E-state index contributed by atoms with van der Waals surface area (Å²) in [5, 5.41) is 9.62. The van der Waals surface area contributed by atoms with Crippen LogP contribution in [0.15, 0.2) is 29.0 Å². The van der Waals surface area contributed by atoms with Crippen molar-refractivity contribution in [1.82, 2.24) is 20.3 Å². The lowest BCUT2D eigenvalue weighted by atomic mass is 9.91. The fourth-order valence-electron chi connectivity index (χ4n) is 3.91. The lowest BCUT2D eigenvalue weighted by Crippen LogP contribution is -2.50. The lowest BCUT2D eigenvalue weighted by Gasteiger charge is -2.36. The summed E-state index contributed by atoms with van der Waals surface area (Å²) in [5.74, 6) is 0.131. The highest BCUT2D eigenvalue weighted by Gasteiger charge is 2.36. The zero-order chi connectivity index (χ0) is 24.7. The third-order valence-electron chi connectivity index (χ3n) is 5.84. The van der Waals surface area contributed by atoms with Crippen LogP contribution in [0.2, 0.25) is 0 Å². The molecule has 0 unspecified atom stereocenters. The van der Waals surface area contributed by atoms with E-state index in [2.05, 4.69) is 65.4 Å². The zero-order valence-electron chi connectivity index (χ0n) is 18.7. The second-order valence-electron chi connectivity index (χ2n) is 8.77. The summed E-state index contributed by atoms with van der Waals surface area (Å²) >= 11 is 3.40. The fraction of sp³-hybridized carbons (Fsp3) is 0.409. The SMILES string of the molecule is COC(=O)Nc1ccc2c(-c3nc(N[C@H]4CCC(C)(C)NC4)ncc3C(F)(F)F)c[nH]c2c1Br. The number of alkyl halides is 3. The Morgan fingerprint density at radius 1 is 1.32 bits per heavy atom. The Bertz CT molecular complexity index is 1220. The summed E-state index contributed by atoms with van der Waals surface area (Å²) in [6.07, 6.45) is -1.28. The van der Waals surface area contributed by atoms with Gasteiger partial charge in [-0.1, -0.05) is 6.07 Å². The molecular weight excluding hydrogens is 517 g/mol. The van der Waals surface area contributed by atoms with Crippen LogP contribution in [0.5, 0.6) is 0 Å². The van der Waals surface area contributed by atoms with E-state index in [-0.39, 0.29) is 28.8 Å². The molecule has 1 atom stereocenters. The molecule has 4 rings (SSSR count).